The fourth-order valence-corrected chi connectivity index (χ4v) is 4.65. The van der Waals surface area contributed by atoms with Gasteiger partial charge in [-0.3, -0.25) is 4.79 Å². The van der Waals surface area contributed by atoms with E-state index in [1.54, 1.807) is 25.7 Å². The number of hydrogen-bond acceptors (Lipinski definition) is 5. The van der Waals surface area contributed by atoms with Gasteiger partial charge in [0.05, 0.1) is 7.11 Å². The number of nitrogens with zero attached hydrogens (tertiary/aromatic N) is 1. The van der Waals surface area contributed by atoms with Crippen molar-refractivity contribution >= 4 is 18.0 Å². The molecule has 2 fully saturated rings. The molecule has 0 aromatic heterocycles. The van der Waals surface area contributed by atoms with Crippen LogP contribution in [0.1, 0.15) is 73.1 Å². The van der Waals surface area contributed by atoms with Crippen LogP contribution in [0.2, 0.25) is 0 Å². The Labute approximate surface area is 174 Å². The van der Waals surface area contributed by atoms with Crippen LogP contribution in [0.25, 0.3) is 0 Å². The van der Waals surface area contributed by atoms with Crippen molar-refractivity contribution in [1.82, 2.24) is 10.2 Å². The second kappa shape index (κ2) is 9.81. The van der Waals surface area contributed by atoms with Crippen molar-refractivity contribution in [1.29, 1.82) is 0 Å². The Morgan fingerprint density at radius 1 is 1.03 bits per heavy atom. The molecule has 1 aliphatic heterocycles. The highest BCUT2D eigenvalue weighted by atomic mass is 16.6. The summed E-state index contributed by atoms with van der Waals surface area (Å²) in [6.45, 7) is 10.0. The highest BCUT2D eigenvalue weighted by Gasteiger charge is 2.47. The second-order valence-corrected chi connectivity index (χ2v) is 9.72. The molecule has 0 radical (unpaired) electrons. The van der Waals surface area contributed by atoms with E-state index in [-0.39, 0.29) is 29.6 Å². The number of alkyl carbamates (subject to hydrolysis) is 1. The molecule has 1 saturated carbocycles. The van der Waals surface area contributed by atoms with Gasteiger partial charge in [-0.1, -0.05) is 33.1 Å². The molecule has 2 aliphatic rings. The zero-order chi connectivity index (χ0) is 21.8. The van der Waals surface area contributed by atoms with E-state index < -0.39 is 23.8 Å². The minimum Gasteiger partial charge on any atom is -0.467 e. The molecule has 0 aromatic carbocycles. The van der Waals surface area contributed by atoms with Gasteiger partial charge in [-0.2, -0.15) is 0 Å². The molecule has 166 valence electrons. The first-order valence-electron chi connectivity index (χ1n) is 10.9. The number of likely N-dealkylation sites (tertiary alicyclic amines) is 1. The Kier molecular flexibility index (Phi) is 7.94. The molecule has 1 unspecified atom stereocenters. The number of nitrogens with one attached hydrogen (secondary N) is 1. The van der Waals surface area contributed by atoms with E-state index in [2.05, 4.69) is 19.2 Å². The van der Waals surface area contributed by atoms with Crippen molar-refractivity contribution in [3.8, 4) is 0 Å². The van der Waals surface area contributed by atoms with Crippen LogP contribution in [0.5, 0.6) is 0 Å². The maximum atomic E-state index is 13.6. The summed E-state index contributed by atoms with van der Waals surface area (Å²) in [4.78, 5) is 40.2. The number of ether oxygens (including phenoxy) is 2. The molecule has 29 heavy (non-hydrogen) atoms. The molecule has 0 bridgehead atoms. The Hall–Kier alpha value is -1.79. The van der Waals surface area contributed by atoms with Crippen LogP contribution in [0.4, 0.5) is 4.79 Å². The van der Waals surface area contributed by atoms with Gasteiger partial charge in [0.2, 0.25) is 5.91 Å². The summed E-state index contributed by atoms with van der Waals surface area (Å²) >= 11 is 0. The maximum absolute atomic E-state index is 13.6. The lowest BCUT2D eigenvalue weighted by molar-refractivity contribution is -0.154. The smallest absolute Gasteiger partial charge is 0.408 e. The summed E-state index contributed by atoms with van der Waals surface area (Å²) in [6, 6.07) is -1.28. The molecule has 7 nitrogen and oxygen atoms in total. The molecule has 1 heterocycles. The van der Waals surface area contributed by atoms with Crippen LogP contribution in [0, 0.1) is 17.8 Å². The van der Waals surface area contributed by atoms with Crippen molar-refractivity contribution in [3.63, 3.8) is 0 Å². The lowest BCUT2D eigenvalue weighted by Gasteiger charge is -2.35. The van der Waals surface area contributed by atoms with Gasteiger partial charge < -0.3 is 19.7 Å². The van der Waals surface area contributed by atoms with Gasteiger partial charge >= 0.3 is 12.1 Å². The van der Waals surface area contributed by atoms with Crippen LogP contribution in [-0.4, -0.2) is 54.2 Å². The zero-order valence-electron chi connectivity index (χ0n) is 18.8. The number of carbonyl (C=O) groups excluding carboxylic acids is 3. The summed E-state index contributed by atoms with van der Waals surface area (Å²) < 4.78 is 10.4. The normalized spacial score (nSPS) is 24.3. The highest BCUT2D eigenvalue weighted by Crippen LogP contribution is 2.34. The maximum Gasteiger partial charge on any atom is 0.408 e. The molecule has 0 spiro atoms. The van der Waals surface area contributed by atoms with E-state index in [1.807, 2.05) is 0 Å². The molecule has 2 amide bonds. The molecule has 1 saturated heterocycles. The number of carbonyl (C=O) groups is 3. The minimum absolute atomic E-state index is 0.0555. The number of amides is 2. The predicted molar refractivity (Wildman–Crippen MR) is 110 cm³/mol. The van der Waals surface area contributed by atoms with E-state index in [1.165, 1.54) is 7.11 Å². The van der Waals surface area contributed by atoms with Crippen molar-refractivity contribution in [3.05, 3.63) is 0 Å². The molecular formula is C22H38N2O5. The average molecular weight is 411 g/mol. The van der Waals surface area contributed by atoms with Gasteiger partial charge in [0.1, 0.15) is 17.7 Å². The third kappa shape index (κ3) is 6.09. The van der Waals surface area contributed by atoms with E-state index in [9.17, 15) is 14.4 Å². The van der Waals surface area contributed by atoms with E-state index >= 15 is 0 Å². The van der Waals surface area contributed by atoms with Crippen molar-refractivity contribution < 1.29 is 23.9 Å². The van der Waals surface area contributed by atoms with Crippen LogP contribution >= 0.6 is 0 Å². The van der Waals surface area contributed by atoms with E-state index in [0.717, 1.165) is 38.5 Å². The molecule has 3 atom stereocenters. The number of hydrogen-bond donors (Lipinski definition) is 1. The van der Waals surface area contributed by atoms with E-state index in [4.69, 9.17) is 9.47 Å². The summed E-state index contributed by atoms with van der Waals surface area (Å²) in [7, 11) is 1.36. The van der Waals surface area contributed by atoms with Gasteiger partial charge in [-0.05, 0) is 57.8 Å². The third-order valence-corrected chi connectivity index (χ3v) is 6.09. The fourth-order valence-electron chi connectivity index (χ4n) is 4.65. The van der Waals surface area contributed by atoms with Gasteiger partial charge in [0.25, 0.3) is 0 Å². The second-order valence-electron chi connectivity index (χ2n) is 9.72. The summed E-state index contributed by atoms with van der Waals surface area (Å²) in [5.74, 6) is -0.209. The van der Waals surface area contributed by atoms with Crippen LogP contribution in [0.3, 0.4) is 0 Å². The van der Waals surface area contributed by atoms with Gasteiger partial charge in [-0.25, -0.2) is 9.59 Å². The predicted octanol–water partition coefficient (Wildman–Crippen LogP) is 3.51. The zero-order valence-corrected chi connectivity index (χ0v) is 18.8. The number of rotatable bonds is 5. The first-order chi connectivity index (χ1) is 13.5. The quantitative estimate of drug-likeness (QED) is 0.701. The molecule has 7 heteroatoms. The first kappa shape index (κ1) is 23.5. The van der Waals surface area contributed by atoms with Crippen molar-refractivity contribution in [2.75, 3.05) is 13.7 Å². The minimum atomic E-state index is -0.678. The van der Waals surface area contributed by atoms with Gasteiger partial charge in [0, 0.05) is 6.54 Å². The fraction of sp³-hybridized carbons (Fsp3) is 0.864. The Morgan fingerprint density at radius 3 is 2.17 bits per heavy atom. The standard InChI is InChI=1S/C22H38N2O5/c1-14(2)16-12-13-24(18(16)20(26)28-6)19(25)17(15-10-8-7-9-11-15)23-21(27)29-22(3,4)5/h14-18H,7-13H2,1-6H3,(H,23,27)/t16?,17-,18-/m0/s1. The monoisotopic (exact) mass is 410 g/mol. The van der Waals surface area contributed by atoms with Crippen LogP contribution < -0.4 is 5.32 Å². The summed E-state index contributed by atoms with van der Waals surface area (Å²) in [6.07, 6.45) is 5.17. The van der Waals surface area contributed by atoms with Crippen molar-refractivity contribution in [2.24, 2.45) is 17.8 Å². The van der Waals surface area contributed by atoms with Gasteiger partial charge in [-0.15, -0.1) is 0 Å². The van der Waals surface area contributed by atoms with Crippen LogP contribution in [-0.2, 0) is 19.1 Å². The molecule has 2 rings (SSSR count). The third-order valence-electron chi connectivity index (χ3n) is 6.09. The number of esters is 1. The SMILES string of the molecule is COC(=O)[C@@H]1C(C(C)C)CCN1C(=O)[C@@H](NC(=O)OC(C)(C)C)C1CCCCC1. The first-order valence-corrected chi connectivity index (χ1v) is 10.9. The summed E-state index contributed by atoms with van der Waals surface area (Å²) in [5, 5.41) is 2.84. The molecular weight excluding hydrogens is 372 g/mol. The molecule has 1 aliphatic carbocycles. The van der Waals surface area contributed by atoms with Crippen molar-refractivity contribution in [2.45, 2.75) is 90.8 Å². The lowest BCUT2D eigenvalue weighted by Crippen LogP contribution is -2.56. The molecule has 0 aromatic rings. The van der Waals surface area contributed by atoms with Gasteiger partial charge in [0.15, 0.2) is 0 Å². The highest BCUT2D eigenvalue weighted by molar-refractivity contribution is 5.90. The topological polar surface area (TPSA) is 84.9 Å². The Morgan fingerprint density at radius 2 is 1.66 bits per heavy atom. The Balaban J connectivity index is 2.25. The lowest BCUT2D eigenvalue weighted by atomic mass is 9.83. The number of methoxy groups -OCH3 is 1. The van der Waals surface area contributed by atoms with E-state index in [0.29, 0.717) is 6.54 Å². The van der Waals surface area contributed by atoms with Crippen LogP contribution in [0.15, 0.2) is 0 Å². The largest absolute Gasteiger partial charge is 0.467 e. The average Bonchev–Trinajstić information content (AvgIpc) is 3.09. The molecule has 1 N–H and O–H groups in total. The Bertz CT molecular complexity index is 593. The summed E-state index contributed by atoms with van der Waals surface area (Å²) in [5.41, 5.74) is -0.644.